The lowest BCUT2D eigenvalue weighted by Crippen LogP contribution is -2.30. The molecule has 0 spiro atoms. The van der Waals surface area contributed by atoms with Gasteiger partial charge in [-0.25, -0.2) is 4.79 Å². The molecule has 0 amide bonds. The van der Waals surface area contributed by atoms with Crippen LogP contribution in [0.25, 0.3) is 0 Å². The standard InChI is InChI=1S/C19H21NO3/c1-3-23-19(21)14-4-7-17(8-5-14)20-11-10-15-12-18(22-2)9-6-16(15)13-20/h4-9,12H,3,10-11,13H2,1-2H3. The first kappa shape index (κ1) is 15.4. The van der Waals surface area contributed by atoms with Gasteiger partial charge in [-0.2, -0.15) is 0 Å². The molecule has 0 saturated carbocycles. The molecule has 0 radical (unpaired) electrons. The minimum Gasteiger partial charge on any atom is -0.497 e. The molecule has 0 fully saturated rings. The highest BCUT2D eigenvalue weighted by molar-refractivity contribution is 5.89. The average Bonchev–Trinajstić information content (AvgIpc) is 2.61. The molecule has 2 aromatic carbocycles. The van der Waals surface area contributed by atoms with Crippen LogP contribution in [0.1, 0.15) is 28.4 Å². The van der Waals surface area contributed by atoms with Gasteiger partial charge in [-0.15, -0.1) is 0 Å². The van der Waals surface area contributed by atoms with Gasteiger partial charge in [0.25, 0.3) is 0 Å². The second-order valence-electron chi connectivity index (χ2n) is 5.57. The van der Waals surface area contributed by atoms with Gasteiger partial charge in [0, 0.05) is 18.8 Å². The summed E-state index contributed by atoms with van der Waals surface area (Å²) in [6, 6.07) is 13.9. The lowest BCUT2D eigenvalue weighted by molar-refractivity contribution is 0.0526. The summed E-state index contributed by atoms with van der Waals surface area (Å²) < 4.78 is 10.3. The van der Waals surface area contributed by atoms with Crippen molar-refractivity contribution < 1.29 is 14.3 Å². The van der Waals surface area contributed by atoms with Gasteiger partial charge < -0.3 is 14.4 Å². The fourth-order valence-electron chi connectivity index (χ4n) is 2.90. The zero-order valence-electron chi connectivity index (χ0n) is 13.5. The van der Waals surface area contributed by atoms with Crippen molar-refractivity contribution in [3.8, 4) is 5.75 Å². The Morgan fingerprint density at radius 1 is 1.13 bits per heavy atom. The number of methoxy groups -OCH3 is 1. The highest BCUT2D eigenvalue weighted by atomic mass is 16.5. The zero-order valence-corrected chi connectivity index (χ0v) is 13.5. The van der Waals surface area contributed by atoms with E-state index in [-0.39, 0.29) is 5.97 Å². The molecule has 0 unspecified atom stereocenters. The Morgan fingerprint density at radius 2 is 1.91 bits per heavy atom. The molecule has 120 valence electrons. The third-order valence-electron chi connectivity index (χ3n) is 4.17. The predicted molar refractivity (Wildman–Crippen MR) is 90.1 cm³/mol. The molecule has 1 aliphatic heterocycles. The van der Waals surface area contributed by atoms with Gasteiger partial charge in [0.05, 0.1) is 19.3 Å². The number of nitrogens with zero attached hydrogens (tertiary/aromatic N) is 1. The largest absolute Gasteiger partial charge is 0.497 e. The third kappa shape index (κ3) is 3.31. The Labute approximate surface area is 136 Å². The molecule has 23 heavy (non-hydrogen) atoms. The Balaban J connectivity index is 1.74. The minimum absolute atomic E-state index is 0.268. The van der Waals surface area contributed by atoms with Crippen molar-refractivity contribution in [3.05, 3.63) is 59.2 Å². The third-order valence-corrected chi connectivity index (χ3v) is 4.17. The predicted octanol–water partition coefficient (Wildman–Crippen LogP) is 3.43. The first-order valence-electron chi connectivity index (χ1n) is 7.89. The van der Waals surface area contributed by atoms with Crippen molar-refractivity contribution >= 4 is 11.7 Å². The first-order valence-corrected chi connectivity index (χ1v) is 7.89. The SMILES string of the molecule is CCOC(=O)c1ccc(N2CCc3cc(OC)ccc3C2)cc1. The van der Waals surface area contributed by atoms with Crippen LogP contribution in [0.15, 0.2) is 42.5 Å². The van der Waals surface area contributed by atoms with Gasteiger partial charge in [0.1, 0.15) is 5.75 Å². The summed E-state index contributed by atoms with van der Waals surface area (Å²) in [5.41, 5.74) is 4.40. The number of ether oxygens (including phenoxy) is 2. The van der Waals surface area contributed by atoms with Crippen molar-refractivity contribution in [3.63, 3.8) is 0 Å². The minimum atomic E-state index is -0.268. The number of fused-ring (bicyclic) bond motifs is 1. The number of carbonyl (C=O) groups is 1. The Morgan fingerprint density at radius 3 is 2.61 bits per heavy atom. The fraction of sp³-hybridized carbons (Fsp3) is 0.316. The summed E-state index contributed by atoms with van der Waals surface area (Å²) in [7, 11) is 1.70. The van der Waals surface area contributed by atoms with E-state index in [1.165, 1.54) is 11.1 Å². The van der Waals surface area contributed by atoms with Gasteiger partial charge in [0.2, 0.25) is 0 Å². The number of anilines is 1. The van der Waals surface area contributed by atoms with Gasteiger partial charge in [-0.3, -0.25) is 0 Å². The maximum Gasteiger partial charge on any atom is 0.338 e. The van der Waals surface area contributed by atoms with Gasteiger partial charge in [-0.1, -0.05) is 6.07 Å². The van der Waals surface area contributed by atoms with E-state index in [0.717, 1.165) is 30.9 Å². The van der Waals surface area contributed by atoms with Crippen LogP contribution >= 0.6 is 0 Å². The van der Waals surface area contributed by atoms with E-state index in [4.69, 9.17) is 9.47 Å². The van der Waals surface area contributed by atoms with E-state index in [2.05, 4.69) is 17.0 Å². The zero-order chi connectivity index (χ0) is 16.2. The molecule has 0 N–H and O–H groups in total. The molecule has 4 heteroatoms. The number of rotatable bonds is 4. The Kier molecular flexibility index (Phi) is 4.51. The van der Waals surface area contributed by atoms with Crippen molar-refractivity contribution in [1.82, 2.24) is 0 Å². The van der Waals surface area contributed by atoms with Crippen LogP contribution < -0.4 is 9.64 Å². The molecule has 2 aromatic rings. The first-order chi connectivity index (χ1) is 11.2. The molecule has 1 heterocycles. The summed E-state index contributed by atoms with van der Waals surface area (Å²) in [6.45, 7) is 4.04. The van der Waals surface area contributed by atoms with Crippen LogP contribution in [-0.4, -0.2) is 26.2 Å². The summed E-state index contributed by atoms with van der Waals surface area (Å²) in [5.74, 6) is 0.645. The van der Waals surface area contributed by atoms with E-state index in [1.807, 2.05) is 37.3 Å². The van der Waals surface area contributed by atoms with Crippen LogP contribution in [0.3, 0.4) is 0 Å². The normalized spacial score (nSPS) is 13.4. The Hall–Kier alpha value is -2.49. The molecule has 0 bridgehead atoms. The second kappa shape index (κ2) is 6.73. The van der Waals surface area contributed by atoms with Gasteiger partial charge in [-0.05, 0) is 60.9 Å². The van der Waals surface area contributed by atoms with E-state index in [0.29, 0.717) is 12.2 Å². The molecule has 0 aromatic heterocycles. The topological polar surface area (TPSA) is 38.8 Å². The molecular formula is C19H21NO3. The summed E-state index contributed by atoms with van der Waals surface area (Å²) in [5, 5.41) is 0. The molecule has 0 aliphatic carbocycles. The van der Waals surface area contributed by atoms with E-state index in [1.54, 1.807) is 7.11 Å². The smallest absolute Gasteiger partial charge is 0.338 e. The van der Waals surface area contributed by atoms with Crippen molar-refractivity contribution in [2.24, 2.45) is 0 Å². The van der Waals surface area contributed by atoms with Crippen molar-refractivity contribution in [2.45, 2.75) is 19.9 Å². The summed E-state index contributed by atoms with van der Waals surface area (Å²) >= 11 is 0. The van der Waals surface area contributed by atoms with Crippen LogP contribution in [0.4, 0.5) is 5.69 Å². The van der Waals surface area contributed by atoms with Crippen LogP contribution in [-0.2, 0) is 17.7 Å². The molecule has 1 aliphatic rings. The van der Waals surface area contributed by atoms with E-state index >= 15 is 0 Å². The van der Waals surface area contributed by atoms with Crippen molar-refractivity contribution in [1.29, 1.82) is 0 Å². The highest BCUT2D eigenvalue weighted by Gasteiger charge is 2.17. The van der Waals surface area contributed by atoms with Crippen LogP contribution in [0, 0.1) is 0 Å². The number of hydrogen-bond acceptors (Lipinski definition) is 4. The number of carbonyl (C=O) groups excluding carboxylic acids is 1. The molecule has 0 atom stereocenters. The van der Waals surface area contributed by atoms with E-state index in [9.17, 15) is 4.79 Å². The fourth-order valence-corrected chi connectivity index (χ4v) is 2.90. The number of hydrogen-bond donors (Lipinski definition) is 0. The van der Waals surface area contributed by atoms with Gasteiger partial charge in [0.15, 0.2) is 0 Å². The summed E-state index contributed by atoms with van der Waals surface area (Å²) in [4.78, 5) is 14.0. The second-order valence-corrected chi connectivity index (χ2v) is 5.57. The molecule has 0 saturated heterocycles. The van der Waals surface area contributed by atoms with Crippen molar-refractivity contribution in [2.75, 3.05) is 25.2 Å². The van der Waals surface area contributed by atoms with Gasteiger partial charge >= 0.3 is 5.97 Å². The van der Waals surface area contributed by atoms with E-state index < -0.39 is 0 Å². The molecular weight excluding hydrogens is 290 g/mol. The maximum absolute atomic E-state index is 11.7. The Bertz CT molecular complexity index is 694. The van der Waals surface area contributed by atoms with Crippen LogP contribution in [0.5, 0.6) is 5.75 Å². The lowest BCUT2D eigenvalue weighted by Gasteiger charge is -2.31. The molecule has 4 nitrogen and oxygen atoms in total. The average molecular weight is 311 g/mol. The van der Waals surface area contributed by atoms with Crippen LogP contribution in [0.2, 0.25) is 0 Å². The number of esters is 1. The summed E-state index contributed by atoms with van der Waals surface area (Å²) in [6.07, 6.45) is 0.992. The highest BCUT2D eigenvalue weighted by Crippen LogP contribution is 2.27. The number of benzene rings is 2. The molecule has 3 rings (SSSR count). The monoisotopic (exact) mass is 311 g/mol. The lowest BCUT2D eigenvalue weighted by atomic mass is 9.99. The maximum atomic E-state index is 11.7. The quantitative estimate of drug-likeness (QED) is 0.811.